The monoisotopic (exact) mass is 722 g/mol. The number of nitrogens with one attached hydrogen (secondary N) is 1. The van der Waals surface area contributed by atoms with Crippen LogP contribution in [0.5, 0.6) is 0 Å². The van der Waals surface area contributed by atoms with Crippen molar-refractivity contribution < 1.29 is 18.0 Å². The minimum Gasteiger partial charge on any atom is -0.335 e. The smallest absolute Gasteiger partial charge is 0.317 e. The van der Waals surface area contributed by atoms with E-state index in [0.717, 1.165) is 35.7 Å². The van der Waals surface area contributed by atoms with E-state index in [1.54, 1.807) is 30.0 Å². The van der Waals surface area contributed by atoms with Gasteiger partial charge in [0.2, 0.25) is 5.95 Å². The summed E-state index contributed by atoms with van der Waals surface area (Å²) in [5.74, 6) is -0.195. The van der Waals surface area contributed by atoms with Crippen LogP contribution in [-0.4, -0.2) is 71.3 Å². The Kier molecular flexibility index (Phi) is 8.75. The Morgan fingerprint density at radius 3 is 2.30 bits per heavy atom. The molecular weight excluding hydrogens is 691 g/mol. The summed E-state index contributed by atoms with van der Waals surface area (Å²) in [5, 5.41) is 3.69. The average molecular weight is 725 g/mol. The fourth-order valence-electron chi connectivity index (χ4n) is 6.39. The van der Waals surface area contributed by atoms with Gasteiger partial charge in [-0.2, -0.15) is 4.31 Å². The van der Waals surface area contributed by atoms with Gasteiger partial charge in [0.15, 0.2) is 5.03 Å². The average Bonchev–Trinajstić information content (AvgIpc) is 3.52. The van der Waals surface area contributed by atoms with Crippen LogP contribution in [0.3, 0.4) is 0 Å². The molecule has 0 unspecified atom stereocenters. The topological polar surface area (TPSA) is 108 Å². The van der Waals surface area contributed by atoms with Gasteiger partial charge >= 0.3 is 6.03 Å². The zero-order valence-corrected chi connectivity index (χ0v) is 28.1. The number of imidazole rings is 1. The zero-order chi connectivity index (χ0) is 31.2. The largest absolute Gasteiger partial charge is 0.335 e. The number of rotatable bonds is 6. The van der Waals surface area contributed by atoms with E-state index in [9.17, 15) is 18.0 Å². The highest BCUT2D eigenvalue weighted by Gasteiger charge is 2.52. The third kappa shape index (κ3) is 5.87. The number of fused-ring (bicyclic) bond motifs is 1. The first-order chi connectivity index (χ1) is 21.0. The van der Waals surface area contributed by atoms with Gasteiger partial charge in [-0.15, -0.1) is 0 Å². The number of carbonyl (C=O) groups is 2. The van der Waals surface area contributed by atoms with Crippen molar-refractivity contribution in [2.75, 3.05) is 31.1 Å². The van der Waals surface area contributed by atoms with Gasteiger partial charge in [-0.25, -0.2) is 23.1 Å². The third-order valence-corrected chi connectivity index (χ3v) is 11.5. The Bertz CT molecular complexity index is 1670. The molecule has 2 fully saturated rings. The van der Waals surface area contributed by atoms with Crippen molar-refractivity contribution in [1.82, 2.24) is 24.1 Å². The highest BCUT2D eigenvalue weighted by molar-refractivity contribution is 9.10. The van der Waals surface area contributed by atoms with Gasteiger partial charge in [-0.05, 0) is 55.7 Å². The molecule has 234 valence electrons. The molecule has 1 aliphatic carbocycles. The lowest BCUT2D eigenvalue weighted by molar-refractivity contribution is -0.124. The number of piperazine rings is 1. The van der Waals surface area contributed by atoms with Crippen molar-refractivity contribution in [3.8, 4) is 0 Å². The molecular formula is C30H33BrCl2N6O4S. The van der Waals surface area contributed by atoms with Crippen LogP contribution in [0.4, 0.5) is 16.4 Å². The molecule has 10 nitrogen and oxygen atoms in total. The molecule has 1 saturated carbocycles. The summed E-state index contributed by atoms with van der Waals surface area (Å²) in [4.78, 5) is 34.7. The summed E-state index contributed by atoms with van der Waals surface area (Å²) < 4.78 is 32.2. The predicted molar refractivity (Wildman–Crippen MR) is 173 cm³/mol. The van der Waals surface area contributed by atoms with E-state index < -0.39 is 15.6 Å². The first-order valence-electron chi connectivity index (χ1n) is 14.7. The lowest BCUT2D eigenvalue weighted by atomic mass is 9.92. The molecule has 1 saturated heterocycles. The van der Waals surface area contributed by atoms with Crippen molar-refractivity contribution in [3.63, 3.8) is 0 Å². The number of halogens is 3. The molecule has 3 amide bonds. The molecule has 1 aromatic heterocycles. The second kappa shape index (κ2) is 12.3. The maximum Gasteiger partial charge on any atom is 0.317 e. The summed E-state index contributed by atoms with van der Waals surface area (Å²) in [6.45, 7) is 2.52. The van der Waals surface area contributed by atoms with Crippen LogP contribution in [0.2, 0.25) is 10.0 Å². The van der Waals surface area contributed by atoms with Crippen LogP contribution < -0.4 is 10.2 Å². The second-order valence-electron chi connectivity index (χ2n) is 11.8. The molecule has 6 rings (SSSR count). The summed E-state index contributed by atoms with van der Waals surface area (Å²) in [6, 6.07) is 12.3. The third-order valence-electron chi connectivity index (χ3n) is 8.70. The van der Waals surface area contributed by atoms with Crippen molar-refractivity contribution >= 4 is 72.7 Å². The number of benzene rings is 2. The van der Waals surface area contributed by atoms with E-state index >= 15 is 0 Å². The molecule has 3 aromatic rings. The normalized spacial score (nSPS) is 21.5. The first kappa shape index (κ1) is 31.3. The Balaban J connectivity index is 1.31. The van der Waals surface area contributed by atoms with Gasteiger partial charge in [-0.1, -0.05) is 70.5 Å². The highest BCUT2D eigenvalue weighted by atomic mass is 79.9. The van der Waals surface area contributed by atoms with Crippen LogP contribution in [0, 0.1) is 0 Å². The van der Waals surface area contributed by atoms with Gasteiger partial charge in [0.25, 0.3) is 15.9 Å². The molecule has 44 heavy (non-hydrogen) atoms. The van der Waals surface area contributed by atoms with E-state index in [1.807, 2.05) is 24.3 Å². The Labute approximate surface area is 275 Å². The second-order valence-corrected chi connectivity index (χ2v) is 15.4. The summed E-state index contributed by atoms with van der Waals surface area (Å²) in [7, 11) is -4.10. The lowest BCUT2D eigenvalue weighted by Crippen LogP contribution is -2.55. The molecule has 1 atom stereocenters. The first-order valence-corrected chi connectivity index (χ1v) is 17.7. The van der Waals surface area contributed by atoms with Crippen LogP contribution in [0.25, 0.3) is 0 Å². The van der Waals surface area contributed by atoms with Crippen molar-refractivity contribution in [3.05, 3.63) is 68.7 Å². The minimum atomic E-state index is -4.10. The maximum absolute atomic E-state index is 14.3. The number of anilines is 2. The maximum atomic E-state index is 14.3. The van der Waals surface area contributed by atoms with Crippen molar-refractivity contribution in [2.45, 2.75) is 62.1 Å². The van der Waals surface area contributed by atoms with Gasteiger partial charge in [0.1, 0.15) is 5.54 Å². The van der Waals surface area contributed by atoms with E-state index in [0.29, 0.717) is 15.7 Å². The number of carbonyl (C=O) groups excluding carboxylic acids is 2. The van der Waals surface area contributed by atoms with Crippen LogP contribution in [-0.2, 0) is 26.8 Å². The number of urea groups is 1. The predicted octanol–water partition coefficient (Wildman–Crippen LogP) is 5.94. The van der Waals surface area contributed by atoms with Gasteiger partial charge in [0, 0.05) is 53.2 Å². The number of hydrogen-bond acceptors (Lipinski definition) is 5. The zero-order valence-electron chi connectivity index (χ0n) is 24.2. The van der Waals surface area contributed by atoms with E-state index in [4.69, 9.17) is 23.2 Å². The Morgan fingerprint density at radius 1 is 1.02 bits per heavy atom. The fourth-order valence-corrected chi connectivity index (χ4v) is 8.78. The Hall–Kier alpha value is -2.64. The minimum absolute atomic E-state index is 0.0869. The SMILES string of the molecule is C[C@@]1(Cc2ccc(Br)cc2)C(=O)N(c2cc(Cl)cc(Cl)c2)c2ncc(S(=O)(=O)N3CCN(C(=O)NC4CCCCC4)CC3)n21. The van der Waals surface area contributed by atoms with E-state index in [-0.39, 0.29) is 61.6 Å². The van der Waals surface area contributed by atoms with Crippen molar-refractivity contribution in [1.29, 1.82) is 0 Å². The highest BCUT2D eigenvalue weighted by Crippen LogP contribution is 2.45. The summed E-state index contributed by atoms with van der Waals surface area (Å²) in [6.07, 6.45) is 6.88. The standard InChI is InChI=1S/C30H33BrCl2N6O4S/c1-30(18-20-7-9-21(31)10-8-20)27(40)38(25-16-22(32)15-23(33)17-25)28-34-19-26(39(28)30)44(42,43)37-13-11-36(12-14-37)29(41)35-24-5-3-2-4-6-24/h7-10,15-17,19,24H,2-6,11-14,18H2,1H3,(H,35,41)/t30-/m1/s1. The van der Waals surface area contributed by atoms with E-state index in [2.05, 4.69) is 26.2 Å². The molecule has 2 aliphatic heterocycles. The molecule has 0 radical (unpaired) electrons. The number of amides is 3. The molecule has 1 N–H and O–H groups in total. The molecule has 0 bridgehead atoms. The quantitative estimate of drug-likeness (QED) is 0.339. The summed E-state index contributed by atoms with van der Waals surface area (Å²) >= 11 is 16.0. The lowest BCUT2D eigenvalue weighted by Gasteiger charge is -2.35. The molecule has 3 heterocycles. The van der Waals surface area contributed by atoms with Crippen LogP contribution in [0.1, 0.15) is 44.6 Å². The molecule has 0 spiro atoms. The van der Waals surface area contributed by atoms with Crippen molar-refractivity contribution in [2.24, 2.45) is 0 Å². The molecule has 14 heteroatoms. The van der Waals surface area contributed by atoms with Gasteiger partial charge in [0.05, 0.1) is 11.9 Å². The number of hydrogen-bond donors (Lipinski definition) is 1. The number of sulfonamides is 1. The molecule has 2 aromatic carbocycles. The fraction of sp³-hybridized carbons (Fsp3) is 0.433. The number of nitrogens with zero attached hydrogens (tertiary/aromatic N) is 5. The molecule has 3 aliphatic rings. The summed E-state index contributed by atoms with van der Waals surface area (Å²) in [5.41, 5.74) is -0.102. The van der Waals surface area contributed by atoms with E-state index in [1.165, 1.54) is 26.4 Å². The Morgan fingerprint density at radius 2 is 1.66 bits per heavy atom. The van der Waals surface area contributed by atoms with Gasteiger partial charge in [-0.3, -0.25) is 9.36 Å². The number of aromatic nitrogens is 2. The van der Waals surface area contributed by atoms with Gasteiger partial charge < -0.3 is 10.2 Å². The van der Waals surface area contributed by atoms with Crippen LogP contribution in [0.15, 0.2) is 58.2 Å². The van der Waals surface area contributed by atoms with Crippen LogP contribution >= 0.6 is 39.1 Å².